The maximum atomic E-state index is 12.8. The van der Waals surface area contributed by atoms with E-state index in [-0.39, 0.29) is 11.9 Å². The summed E-state index contributed by atoms with van der Waals surface area (Å²) in [5.74, 6) is -0.304. The van der Waals surface area contributed by atoms with Crippen LogP contribution in [0.2, 0.25) is 5.02 Å². The lowest BCUT2D eigenvalue weighted by Crippen LogP contribution is -2.31. The number of piperidine rings is 1. The van der Waals surface area contributed by atoms with Gasteiger partial charge in [0.05, 0.1) is 22.0 Å². The summed E-state index contributed by atoms with van der Waals surface area (Å²) in [7, 11) is 0. The molecule has 0 atom stereocenters. The summed E-state index contributed by atoms with van der Waals surface area (Å²) >= 11 is 6.17. The van der Waals surface area contributed by atoms with Gasteiger partial charge in [0.2, 0.25) is 0 Å². The zero-order valence-electron chi connectivity index (χ0n) is 18.5. The highest BCUT2D eigenvalue weighted by atomic mass is 35.5. The number of urea groups is 1. The average molecular weight is 463 g/mol. The van der Waals surface area contributed by atoms with Gasteiger partial charge in [-0.25, -0.2) is 4.79 Å². The first kappa shape index (κ1) is 22.7. The first-order valence-electron chi connectivity index (χ1n) is 11.1. The molecule has 1 aliphatic rings. The lowest BCUT2D eigenvalue weighted by Gasteiger charge is -2.31. The predicted octanol–water partition coefficient (Wildman–Crippen LogP) is 6.54. The summed E-state index contributed by atoms with van der Waals surface area (Å²) in [6.07, 6.45) is 3.43. The molecular weight excluding hydrogens is 436 g/mol. The molecule has 1 fully saturated rings. The van der Waals surface area contributed by atoms with Gasteiger partial charge >= 0.3 is 6.03 Å². The number of benzene rings is 3. The fraction of sp³-hybridized carbons (Fsp3) is 0.231. The molecule has 170 valence electrons. The van der Waals surface area contributed by atoms with E-state index >= 15 is 0 Å². The minimum absolute atomic E-state index is 0.304. The number of carbonyl (C=O) groups is 2. The van der Waals surface area contributed by atoms with Gasteiger partial charge in [0.25, 0.3) is 5.91 Å². The second-order valence-electron chi connectivity index (χ2n) is 8.16. The molecule has 0 aliphatic carbocycles. The predicted molar refractivity (Wildman–Crippen MR) is 136 cm³/mol. The fourth-order valence-corrected chi connectivity index (χ4v) is 4.20. The third kappa shape index (κ3) is 5.84. The molecule has 1 heterocycles. The number of halogens is 1. The fourth-order valence-electron chi connectivity index (χ4n) is 3.98. The monoisotopic (exact) mass is 462 g/mol. The van der Waals surface area contributed by atoms with Crippen molar-refractivity contribution in [3.63, 3.8) is 0 Å². The molecule has 0 radical (unpaired) electrons. The first-order chi connectivity index (χ1) is 16.0. The van der Waals surface area contributed by atoms with Crippen LogP contribution in [0.5, 0.6) is 0 Å². The van der Waals surface area contributed by atoms with Crippen LogP contribution in [-0.2, 0) is 0 Å². The number of hydrogen-bond donors (Lipinski definition) is 3. The molecule has 7 heteroatoms. The van der Waals surface area contributed by atoms with Gasteiger partial charge in [0, 0.05) is 24.5 Å². The van der Waals surface area contributed by atoms with E-state index in [0.29, 0.717) is 22.0 Å². The summed E-state index contributed by atoms with van der Waals surface area (Å²) in [5.41, 5.74) is 4.32. The lowest BCUT2D eigenvalue weighted by molar-refractivity contribution is 0.102. The zero-order chi connectivity index (χ0) is 23.2. The highest BCUT2D eigenvalue weighted by molar-refractivity contribution is 6.34. The number of carbonyl (C=O) groups excluding carboxylic acids is 2. The van der Waals surface area contributed by atoms with Crippen LogP contribution in [0.1, 0.15) is 35.2 Å². The van der Waals surface area contributed by atoms with Crippen LogP contribution in [0.25, 0.3) is 0 Å². The molecule has 0 spiro atoms. The highest BCUT2D eigenvalue weighted by Crippen LogP contribution is 2.32. The standard InChI is InChI=1S/C26H27ClN4O2/c1-18-8-7-9-19(16-18)29-26(33)30-23-17-20(12-13-24(23)31-14-5-2-6-15-31)28-25(32)21-10-3-4-11-22(21)27/h3-4,7-13,16-17H,2,5-6,14-15H2,1H3,(H,28,32)(H2,29,30,33). The van der Waals surface area contributed by atoms with Crippen molar-refractivity contribution < 1.29 is 9.59 Å². The van der Waals surface area contributed by atoms with Crippen LogP contribution in [-0.4, -0.2) is 25.0 Å². The number of amides is 3. The Balaban J connectivity index is 1.57. The zero-order valence-corrected chi connectivity index (χ0v) is 19.3. The Morgan fingerprint density at radius 3 is 2.33 bits per heavy atom. The number of rotatable bonds is 5. The van der Waals surface area contributed by atoms with Crippen molar-refractivity contribution in [2.75, 3.05) is 33.9 Å². The molecule has 33 heavy (non-hydrogen) atoms. The van der Waals surface area contributed by atoms with E-state index in [1.807, 2.05) is 43.3 Å². The maximum Gasteiger partial charge on any atom is 0.323 e. The highest BCUT2D eigenvalue weighted by Gasteiger charge is 2.18. The van der Waals surface area contributed by atoms with Crippen molar-refractivity contribution in [2.45, 2.75) is 26.2 Å². The number of aryl methyl sites for hydroxylation is 1. The van der Waals surface area contributed by atoms with E-state index in [1.165, 1.54) is 6.42 Å². The van der Waals surface area contributed by atoms with Crippen molar-refractivity contribution in [1.82, 2.24) is 0 Å². The Bertz CT molecular complexity index is 1160. The minimum atomic E-state index is -0.339. The van der Waals surface area contributed by atoms with Gasteiger partial charge in [-0.15, -0.1) is 0 Å². The van der Waals surface area contributed by atoms with Crippen molar-refractivity contribution in [3.05, 3.63) is 82.9 Å². The van der Waals surface area contributed by atoms with Gasteiger partial charge in [-0.1, -0.05) is 35.9 Å². The smallest absolute Gasteiger partial charge is 0.323 e. The molecule has 3 aromatic rings. The first-order valence-corrected chi connectivity index (χ1v) is 11.5. The van der Waals surface area contributed by atoms with E-state index in [2.05, 4.69) is 20.9 Å². The van der Waals surface area contributed by atoms with E-state index in [1.54, 1.807) is 30.3 Å². The third-order valence-electron chi connectivity index (χ3n) is 5.59. The van der Waals surface area contributed by atoms with E-state index in [0.717, 1.165) is 42.9 Å². The molecule has 3 amide bonds. The number of anilines is 4. The number of nitrogens with one attached hydrogen (secondary N) is 3. The normalized spacial score (nSPS) is 13.3. The summed E-state index contributed by atoms with van der Waals surface area (Å²) in [6.45, 7) is 3.84. The SMILES string of the molecule is Cc1cccc(NC(=O)Nc2cc(NC(=O)c3ccccc3Cl)ccc2N2CCCCC2)c1. The second-order valence-corrected chi connectivity index (χ2v) is 8.57. The summed E-state index contributed by atoms with van der Waals surface area (Å²) in [4.78, 5) is 27.8. The van der Waals surface area contributed by atoms with Crippen LogP contribution >= 0.6 is 11.6 Å². The summed E-state index contributed by atoms with van der Waals surface area (Å²) < 4.78 is 0. The van der Waals surface area contributed by atoms with E-state index < -0.39 is 0 Å². The minimum Gasteiger partial charge on any atom is -0.370 e. The Hall–Kier alpha value is -3.51. The molecule has 0 bridgehead atoms. The molecule has 0 aromatic heterocycles. The van der Waals surface area contributed by atoms with Crippen LogP contribution < -0.4 is 20.9 Å². The Labute approximate surface area is 198 Å². The van der Waals surface area contributed by atoms with Gasteiger partial charge < -0.3 is 20.9 Å². The van der Waals surface area contributed by atoms with Crippen LogP contribution in [0.15, 0.2) is 66.7 Å². The quantitative estimate of drug-likeness (QED) is 0.403. The largest absolute Gasteiger partial charge is 0.370 e. The van der Waals surface area contributed by atoms with Crippen molar-refractivity contribution in [3.8, 4) is 0 Å². The Morgan fingerprint density at radius 2 is 1.58 bits per heavy atom. The van der Waals surface area contributed by atoms with Gasteiger partial charge in [-0.05, 0) is 74.2 Å². The van der Waals surface area contributed by atoms with E-state index in [9.17, 15) is 9.59 Å². The molecule has 1 saturated heterocycles. The molecule has 0 unspecified atom stereocenters. The molecule has 1 aliphatic heterocycles. The molecule has 3 aromatic carbocycles. The summed E-state index contributed by atoms with van der Waals surface area (Å²) in [6, 6.07) is 19.8. The molecular formula is C26H27ClN4O2. The van der Waals surface area contributed by atoms with Gasteiger partial charge in [0.15, 0.2) is 0 Å². The number of hydrogen-bond acceptors (Lipinski definition) is 3. The Kier molecular flexibility index (Phi) is 7.15. The second kappa shape index (κ2) is 10.4. The van der Waals surface area contributed by atoms with Crippen molar-refractivity contribution in [1.29, 1.82) is 0 Å². The van der Waals surface area contributed by atoms with Crippen molar-refractivity contribution in [2.24, 2.45) is 0 Å². The average Bonchev–Trinajstić information content (AvgIpc) is 2.80. The third-order valence-corrected chi connectivity index (χ3v) is 5.92. The van der Waals surface area contributed by atoms with E-state index in [4.69, 9.17) is 11.6 Å². The summed E-state index contributed by atoms with van der Waals surface area (Å²) in [5, 5.41) is 9.12. The maximum absolute atomic E-state index is 12.8. The van der Waals surface area contributed by atoms with Crippen LogP contribution in [0.4, 0.5) is 27.5 Å². The number of nitrogens with zero attached hydrogens (tertiary/aromatic N) is 1. The molecule has 3 N–H and O–H groups in total. The topological polar surface area (TPSA) is 73.5 Å². The molecule has 0 saturated carbocycles. The molecule has 6 nitrogen and oxygen atoms in total. The van der Waals surface area contributed by atoms with Crippen LogP contribution in [0.3, 0.4) is 0 Å². The van der Waals surface area contributed by atoms with Gasteiger partial charge in [-0.3, -0.25) is 4.79 Å². The van der Waals surface area contributed by atoms with Gasteiger partial charge in [-0.2, -0.15) is 0 Å². The van der Waals surface area contributed by atoms with Crippen molar-refractivity contribution >= 4 is 46.3 Å². The Morgan fingerprint density at radius 1 is 0.818 bits per heavy atom. The molecule has 4 rings (SSSR count). The van der Waals surface area contributed by atoms with Gasteiger partial charge in [0.1, 0.15) is 0 Å². The lowest BCUT2D eigenvalue weighted by atomic mass is 10.1. The van der Waals surface area contributed by atoms with Crippen LogP contribution in [0, 0.1) is 6.92 Å².